The van der Waals surface area contributed by atoms with Gasteiger partial charge < -0.3 is 5.32 Å². The van der Waals surface area contributed by atoms with E-state index in [2.05, 4.69) is 31.1 Å². The van der Waals surface area contributed by atoms with Crippen molar-refractivity contribution in [3.63, 3.8) is 0 Å². The van der Waals surface area contributed by atoms with Crippen LogP contribution in [0.15, 0.2) is 24.4 Å². The number of nitrogens with one attached hydrogen (secondary N) is 1. The largest absolute Gasteiger partial charge is 0.350 e. The molecule has 1 fully saturated rings. The number of carbonyl (C=O) groups excluding carboxylic acids is 1. The Kier molecular flexibility index (Phi) is 4.23. The molecule has 0 saturated heterocycles. The molecule has 19 heavy (non-hydrogen) atoms. The van der Waals surface area contributed by atoms with Crippen LogP contribution in [0.1, 0.15) is 45.7 Å². The maximum atomic E-state index is 12.5. The van der Waals surface area contributed by atoms with Crippen molar-refractivity contribution in [2.45, 2.75) is 46.6 Å². The first-order chi connectivity index (χ1) is 9.00. The van der Waals surface area contributed by atoms with Crippen LogP contribution < -0.4 is 5.32 Å². The summed E-state index contributed by atoms with van der Waals surface area (Å²) in [7, 11) is 0. The van der Waals surface area contributed by atoms with E-state index < -0.39 is 0 Å². The molecule has 1 aromatic rings. The number of rotatable bonds is 3. The van der Waals surface area contributed by atoms with Gasteiger partial charge in [-0.25, -0.2) is 0 Å². The Morgan fingerprint density at radius 1 is 1.47 bits per heavy atom. The SMILES string of the molecule is C[C@H]1CCCC(C)(C)[C@@H]1C(=O)NCc1ccccn1. The Morgan fingerprint density at radius 2 is 2.26 bits per heavy atom. The number of hydrogen-bond acceptors (Lipinski definition) is 2. The van der Waals surface area contributed by atoms with Gasteiger partial charge in [-0.15, -0.1) is 0 Å². The van der Waals surface area contributed by atoms with Gasteiger partial charge in [0.1, 0.15) is 0 Å². The highest BCUT2D eigenvalue weighted by atomic mass is 16.1. The Hall–Kier alpha value is -1.38. The molecule has 3 heteroatoms. The molecule has 0 bridgehead atoms. The summed E-state index contributed by atoms with van der Waals surface area (Å²) in [5, 5.41) is 3.05. The molecule has 1 aromatic heterocycles. The lowest BCUT2D eigenvalue weighted by atomic mass is 9.64. The minimum atomic E-state index is 0.103. The van der Waals surface area contributed by atoms with Gasteiger partial charge in [-0.2, -0.15) is 0 Å². The van der Waals surface area contributed by atoms with Gasteiger partial charge in [0.2, 0.25) is 5.91 Å². The smallest absolute Gasteiger partial charge is 0.224 e. The van der Waals surface area contributed by atoms with Crippen LogP contribution in [0.25, 0.3) is 0 Å². The lowest BCUT2D eigenvalue weighted by Crippen LogP contribution is -2.44. The van der Waals surface area contributed by atoms with Crippen molar-refractivity contribution in [2.24, 2.45) is 17.3 Å². The Labute approximate surface area is 115 Å². The van der Waals surface area contributed by atoms with Crippen LogP contribution >= 0.6 is 0 Å². The molecular weight excluding hydrogens is 236 g/mol. The normalized spacial score (nSPS) is 25.8. The highest BCUT2D eigenvalue weighted by Crippen LogP contribution is 2.43. The van der Waals surface area contributed by atoms with Crippen LogP contribution in [0.4, 0.5) is 0 Å². The van der Waals surface area contributed by atoms with E-state index in [1.807, 2.05) is 18.2 Å². The predicted octanol–water partition coefficient (Wildman–Crippen LogP) is 3.16. The number of hydrogen-bond donors (Lipinski definition) is 1. The second-order valence-corrected chi connectivity index (χ2v) is 6.37. The Morgan fingerprint density at radius 3 is 2.89 bits per heavy atom. The first-order valence-corrected chi connectivity index (χ1v) is 7.18. The molecule has 1 heterocycles. The molecule has 2 atom stereocenters. The van der Waals surface area contributed by atoms with E-state index in [0.29, 0.717) is 12.5 Å². The van der Waals surface area contributed by atoms with Crippen molar-refractivity contribution >= 4 is 5.91 Å². The summed E-state index contributed by atoms with van der Waals surface area (Å²) in [6.07, 6.45) is 5.29. The lowest BCUT2D eigenvalue weighted by Gasteiger charge is -2.41. The van der Waals surface area contributed by atoms with Crippen molar-refractivity contribution < 1.29 is 4.79 Å². The fraction of sp³-hybridized carbons (Fsp3) is 0.625. The van der Waals surface area contributed by atoms with E-state index in [1.54, 1.807) is 6.20 Å². The summed E-state index contributed by atoms with van der Waals surface area (Å²) >= 11 is 0. The van der Waals surface area contributed by atoms with Crippen molar-refractivity contribution in [2.75, 3.05) is 0 Å². The van der Waals surface area contributed by atoms with Gasteiger partial charge in [-0.05, 0) is 36.3 Å². The molecule has 2 rings (SSSR count). The molecule has 1 N–H and O–H groups in total. The molecule has 1 amide bonds. The van der Waals surface area contributed by atoms with Gasteiger partial charge in [0.25, 0.3) is 0 Å². The van der Waals surface area contributed by atoms with Gasteiger partial charge in [0.15, 0.2) is 0 Å². The number of carbonyl (C=O) groups is 1. The van der Waals surface area contributed by atoms with Gasteiger partial charge in [0.05, 0.1) is 12.2 Å². The predicted molar refractivity (Wildman–Crippen MR) is 76.4 cm³/mol. The zero-order chi connectivity index (χ0) is 13.9. The van der Waals surface area contributed by atoms with E-state index in [0.717, 1.165) is 18.5 Å². The molecule has 0 aromatic carbocycles. The maximum Gasteiger partial charge on any atom is 0.224 e. The van der Waals surface area contributed by atoms with Crippen LogP contribution in [0.3, 0.4) is 0 Å². The van der Waals surface area contributed by atoms with E-state index in [4.69, 9.17) is 0 Å². The number of pyridine rings is 1. The van der Waals surface area contributed by atoms with Crippen molar-refractivity contribution in [1.82, 2.24) is 10.3 Å². The van der Waals surface area contributed by atoms with E-state index in [1.165, 1.54) is 6.42 Å². The Bertz CT molecular complexity index is 428. The molecule has 1 aliphatic rings. The lowest BCUT2D eigenvalue weighted by molar-refractivity contribution is -0.133. The fourth-order valence-electron chi connectivity index (χ4n) is 3.38. The minimum Gasteiger partial charge on any atom is -0.350 e. The molecule has 0 radical (unpaired) electrons. The highest BCUT2D eigenvalue weighted by molar-refractivity contribution is 5.79. The van der Waals surface area contributed by atoms with Gasteiger partial charge in [-0.3, -0.25) is 9.78 Å². The average Bonchev–Trinajstić information content (AvgIpc) is 2.36. The van der Waals surface area contributed by atoms with Crippen molar-refractivity contribution in [3.05, 3.63) is 30.1 Å². The average molecular weight is 260 g/mol. The van der Waals surface area contributed by atoms with Crippen molar-refractivity contribution in [1.29, 1.82) is 0 Å². The molecule has 3 nitrogen and oxygen atoms in total. The molecule has 0 unspecified atom stereocenters. The summed E-state index contributed by atoms with van der Waals surface area (Å²) in [6, 6.07) is 5.77. The number of nitrogens with zero attached hydrogens (tertiary/aromatic N) is 1. The van der Waals surface area contributed by atoms with E-state index >= 15 is 0 Å². The van der Waals surface area contributed by atoms with Crippen molar-refractivity contribution in [3.8, 4) is 0 Å². The fourth-order valence-corrected chi connectivity index (χ4v) is 3.38. The topological polar surface area (TPSA) is 42.0 Å². The molecule has 0 aliphatic heterocycles. The monoisotopic (exact) mass is 260 g/mol. The molecule has 0 spiro atoms. The summed E-state index contributed by atoms with van der Waals surface area (Å²) in [4.78, 5) is 16.7. The van der Waals surface area contributed by atoms with Crippen LogP contribution in [-0.4, -0.2) is 10.9 Å². The third-order valence-corrected chi connectivity index (χ3v) is 4.34. The standard InChI is InChI=1S/C16H24N2O/c1-12-7-6-9-16(2,3)14(12)15(19)18-11-13-8-4-5-10-17-13/h4-5,8,10,12,14H,6-7,9,11H2,1-3H3,(H,18,19)/t12-,14-/m0/s1. The molecule has 104 valence electrons. The van der Waals surface area contributed by atoms with Crippen LogP contribution in [-0.2, 0) is 11.3 Å². The molecular formula is C16H24N2O. The maximum absolute atomic E-state index is 12.5. The van der Waals surface area contributed by atoms with E-state index in [-0.39, 0.29) is 17.2 Å². The third kappa shape index (κ3) is 3.34. The van der Waals surface area contributed by atoms with Gasteiger partial charge in [-0.1, -0.05) is 33.3 Å². The number of aromatic nitrogens is 1. The second kappa shape index (κ2) is 5.72. The highest BCUT2D eigenvalue weighted by Gasteiger charge is 2.41. The summed E-state index contributed by atoms with van der Waals surface area (Å²) in [5.41, 5.74) is 1.02. The van der Waals surface area contributed by atoms with Crippen LogP contribution in [0.5, 0.6) is 0 Å². The summed E-state index contributed by atoms with van der Waals surface area (Å²) in [6.45, 7) is 7.16. The Balaban J connectivity index is 1.98. The third-order valence-electron chi connectivity index (χ3n) is 4.34. The second-order valence-electron chi connectivity index (χ2n) is 6.37. The summed E-state index contributed by atoms with van der Waals surface area (Å²) in [5.74, 6) is 0.764. The van der Waals surface area contributed by atoms with Gasteiger partial charge in [0, 0.05) is 12.1 Å². The van der Waals surface area contributed by atoms with Gasteiger partial charge >= 0.3 is 0 Å². The van der Waals surface area contributed by atoms with E-state index in [9.17, 15) is 4.79 Å². The zero-order valence-corrected chi connectivity index (χ0v) is 12.1. The van der Waals surface area contributed by atoms with Crippen LogP contribution in [0, 0.1) is 17.3 Å². The minimum absolute atomic E-state index is 0.103. The van der Waals surface area contributed by atoms with Crippen LogP contribution in [0.2, 0.25) is 0 Å². The quantitative estimate of drug-likeness (QED) is 0.907. The molecule has 1 saturated carbocycles. The first-order valence-electron chi connectivity index (χ1n) is 7.18. The zero-order valence-electron chi connectivity index (χ0n) is 12.1. The summed E-state index contributed by atoms with van der Waals surface area (Å²) < 4.78 is 0. The molecule has 1 aliphatic carbocycles. The number of amides is 1. The first kappa shape index (κ1) is 14.0.